The maximum Gasteiger partial charge on any atom is 0.258 e. The average molecular weight is 357 g/mol. The molecule has 2 heterocycles. The zero-order chi connectivity index (χ0) is 18.2. The van der Waals surface area contributed by atoms with Crippen LogP contribution in [0.25, 0.3) is 0 Å². The highest BCUT2D eigenvalue weighted by molar-refractivity contribution is 5.77. The minimum atomic E-state index is -0.206. The molecule has 7 nitrogen and oxygen atoms in total. The lowest BCUT2D eigenvalue weighted by Gasteiger charge is -2.20. The molecule has 26 heavy (non-hydrogen) atoms. The van der Waals surface area contributed by atoms with E-state index in [1.54, 1.807) is 43.6 Å². The summed E-state index contributed by atoms with van der Waals surface area (Å²) in [4.78, 5) is 20.9. The first-order chi connectivity index (χ1) is 12.7. The van der Waals surface area contributed by atoms with E-state index in [1.165, 1.54) is 0 Å². The van der Waals surface area contributed by atoms with Crippen molar-refractivity contribution in [1.82, 2.24) is 15.3 Å². The highest BCUT2D eigenvalue weighted by atomic mass is 16.5. The normalized spacial score (nSPS) is 16.7. The van der Waals surface area contributed by atoms with Crippen molar-refractivity contribution in [3.8, 4) is 11.5 Å². The molecule has 1 N–H and O–H groups in total. The van der Waals surface area contributed by atoms with E-state index in [4.69, 9.17) is 14.2 Å². The van der Waals surface area contributed by atoms with Crippen LogP contribution in [-0.4, -0.2) is 42.8 Å². The van der Waals surface area contributed by atoms with Gasteiger partial charge in [-0.2, -0.15) is 0 Å². The second kappa shape index (κ2) is 9.15. The molecule has 0 saturated carbocycles. The van der Waals surface area contributed by atoms with Crippen LogP contribution in [0.4, 0.5) is 0 Å². The maximum absolute atomic E-state index is 12.0. The Hall–Kier alpha value is -2.67. The zero-order valence-electron chi connectivity index (χ0n) is 14.8. The summed E-state index contributed by atoms with van der Waals surface area (Å²) >= 11 is 0. The van der Waals surface area contributed by atoms with Crippen molar-refractivity contribution in [1.29, 1.82) is 0 Å². The number of carbonyl (C=O) groups is 1. The van der Waals surface area contributed by atoms with E-state index in [9.17, 15) is 4.79 Å². The third-order valence-electron chi connectivity index (χ3n) is 4.15. The smallest absolute Gasteiger partial charge is 0.258 e. The largest absolute Gasteiger partial charge is 0.497 e. The number of methoxy groups -OCH3 is 1. The number of ether oxygens (including phenoxy) is 3. The summed E-state index contributed by atoms with van der Waals surface area (Å²) in [5, 5.41) is 2.81. The molecular weight excluding hydrogens is 334 g/mol. The number of amides is 1. The summed E-state index contributed by atoms with van der Waals surface area (Å²) in [6, 6.07) is 8.89. The number of benzene rings is 1. The minimum absolute atomic E-state index is 0.0548. The molecular formula is C19H23N3O4. The van der Waals surface area contributed by atoms with Crippen LogP contribution in [0, 0.1) is 0 Å². The third-order valence-corrected chi connectivity index (χ3v) is 4.15. The standard InChI is InChI=1S/C19H23N3O4/c1-24-16-4-6-17(7-5-16)26-13-18(23)21-11-15-8-9-20-19(22-15)14-3-2-10-25-12-14/h4-9,14H,2-3,10-13H2,1H3,(H,21,23)/t14-/m0/s1. The molecule has 1 aliphatic rings. The van der Waals surface area contributed by atoms with Crippen molar-refractivity contribution in [3.63, 3.8) is 0 Å². The first-order valence-electron chi connectivity index (χ1n) is 8.67. The monoisotopic (exact) mass is 357 g/mol. The van der Waals surface area contributed by atoms with E-state index in [1.807, 2.05) is 0 Å². The second-order valence-corrected chi connectivity index (χ2v) is 6.06. The van der Waals surface area contributed by atoms with E-state index in [2.05, 4.69) is 15.3 Å². The number of nitrogens with one attached hydrogen (secondary N) is 1. The minimum Gasteiger partial charge on any atom is -0.497 e. The van der Waals surface area contributed by atoms with Crippen LogP contribution in [0.1, 0.15) is 30.3 Å². The predicted molar refractivity (Wildman–Crippen MR) is 95.2 cm³/mol. The molecule has 1 saturated heterocycles. The van der Waals surface area contributed by atoms with Gasteiger partial charge in [0.25, 0.3) is 5.91 Å². The number of hydrogen-bond donors (Lipinski definition) is 1. The summed E-state index contributed by atoms with van der Waals surface area (Å²) in [5.74, 6) is 2.16. The van der Waals surface area contributed by atoms with Crippen LogP contribution < -0.4 is 14.8 Å². The van der Waals surface area contributed by atoms with E-state index in [0.717, 1.165) is 36.7 Å². The lowest BCUT2D eigenvalue weighted by molar-refractivity contribution is -0.123. The lowest BCUT2D eigenvalue weighted by atomic mass is 10.0. The molecule has 7 heteroatoms. The molecule has 138 valence electrons. The van der Waals surface area contributed by atoms with Gasteiger partial charge in [-0.3, -0.25) is 4.79 Å². The van der Waals surface area contributed by atoms with Crippen LogP contribution in [0.5, 0.6) is 11.5 Å². The van der Waals surface area contributed by atoms with Gasteiger partial charge in [-0.1, -0.05) is 0 Å². The van der Waals surface area contributed by atoms with Gasteiger partial charge in [0.15, 0.2) is 6.61 Å². The lowest BCUT2D eigenvalue weighted by Crippen LogP contribution is -2.29. The van der Waals surface area contributed by atoms with E-state index in [-0.39, 0.29) is 18.4 Å². The van der Waals surface area contributed by atoms with Crippen LogP contribution in [-0.2, 0) is 16.1 Å². The molecule has 0 bridgehead atoms. The van der Waals surface area contributed by atoms with E-state index < -0.39 is 0 Å². The van der Waals surface area contributed by atoms with Crippen LogP contribution in [0.15, 0.2) is 36.5 Å². The Morgan fingerprint density at radius 2 is 2.08 bits per heavy atom. The summed E-state index contributed by atoms with van der Waals surface area (Å²) in [7, 11) is 1.60. The quantitative estimate of drug-likeness (QED) is 0.817. The molecule has 1 fully saturated rings. The topological polar surface area (TPSA) is 82.6 Å². The van der Waals surface area contributed by atoms with Crippen molar-refractivity contribution in [2.75, 3.05) is 26.9 Å². The Kier molecular flexibility index (Phi) is 6.38. The first kappa shape index (κ1) is 18.1. The summed E-state index contributed by atoms with van der Waals surface area (Å²) < 4.78 is 16.0. The fourth-order valence-electron chi connectivity index (χ4n) is 2.71. The molecule has 1 aliphatic heterocycles. The van der Waals surface area contributed by atoms with Gasteiger partial charge < -0.3 is 19.5 Å². The second-order valence-electron chi connectivity index (χ2n) is 6.06. The third kappa shape index (κ3) is 5.16. The van der Waals surface area contributed by atoms with Crippen molar-refractivity contribution in [2.45, 2.75) is 25.3 Å². The van der Waals surface area contributed by atoms with Crippen molar-refractivity contribution in [2.24, 2.45) is 0 Å². The van der Waals surface area contributed by atoms with Crippen LogP contribution in [0.3, 0.4) is 0 Å². The van der Waals surface area contributed by atoms with Crippen molar-refractivity contribution >= 4 is 5.91 Å². The molecule has 1 atom stereocenters. The van der Waals surface area contributed by atoms with Gasteiger partial charge >= 0.3 is 0 Å². The fraction of sp³-hybridized carbons (Fsp3) is 0.421. The number of rotatable bonds is 7. The Balaban J connectivity index is 1.46. The summed E-state index contributed by atoms with van der Waals surface area (Å²) in [5.41, 5.74) is 0.776. The molecule has 2 aromatic rings. The number of carbonyl (C=O) groups excluding carboxylic acids is 1. The maximum atomic E-state index is 12.0. The molecule has 1 aromatic heterocycles. The summed E-state index contributed by atoms with van der Waals surface area (Å²) in [6.07, 6.45) is 3.79. The van der Waals surface area contributed by atoms with Crippen LogP contribution >= 0.6 is 0 Å². The van der Waals surface area contributed by atoms with Gasteiger partial charge in [0.05, 0.1) is 26.0 Å². The highest BCUT2D eigenvalue weighted by Gasteiger charge is 2.18. The first-order valence-corrected chi connectivity index (χ1v) is 8.67. The molecule has 0 spiro atoms. The molecule has 0 aliphatic carbocycles. The van der Waals surface area contributed by atoms with Crippen molar-refractivity contribution < 1.29 is 19.0 Å². The highest BCUT2D eigenvalue weighted by Crippen LogP contribution is 2.22. The van der Waals surface area contributed by atoms with Gasteiger partial charge in [-0.25, -0.2) is 9.97 Å². The Morgan fingerprint density at radius 1 is 1.27 bits per heavy atom. The van der Waals surface area contributed by atoms with Gasteiger partial charge in [0, 0.05) is 18.7 Å². The SMILES string of the molecule is COc1ccc(OCC(=O)NCc2ccnc([C@H]3CCCOC3)n2)cc1. The molecule has 0 unspecified atom stereocenters. The zero-order valence-corrected chi connectivity index (χ0v) is 14.8. The average Bonchev–Trinajstić information content (AvgIpc) is 2.72. The Labute approximate surface area is 152 Å². The molecule has 1 amide bonds. The van der Waals surface area contributed by atoms with Gasteiger partial charge in [-0.05, 0) is 43.2 Å². The molecule has 3 rings (SSSR count). The number of aromatic nitrogens is 2. The number of hydrogen-bond acceptors (Lipinski definition) is 6. The van der Waals surface area contributed by atoms with Gasteiger partial charge in [-0.15, -0.1) is 0 Å². The predicted octanol–water partition coefficient (Wildman–Crippen LogP) is 2.07. The number of nitrogens with zero attached hydrogens (tertiary/aromatic N) is 2. The van der Waals surface area contributed by atoms with Gasteiger partial charge in [0.1, 0.15) is 17.3 Å². The fourth-order valence-corrected chi connectivity index (χ4v) is 2.71. The molecule has 0 radical (unpaired) electrons. The van der Waals surface area contributed by atoms with Gasteiger partial charge in [0.2, 0.25) is 0 Å². The van der Waals surface area contributed by atoms with E-state index in [0.29, 0.717) is 18.9 Å². The van der Waals surface area contributed by atoms with Crippen LogP contribution in [0.2, 0.25) is 0 Å². The van der Waals surface area contributed by atoms with E-state index >= 15 is 0 Å². The Bertz CT molecular complexity index is 715. The Morgan fingerprint density at radius 3 is 2.81 bits per heavy atom. The molecule has 1 aromatic carbocycles. The summed E-state index contributed by atoms with van der Waals surface area (Å²) in [6.45, 7) is 1.75. The van der Waals surface area contributed by atoms with Crippen molar-refractivity contribution in [3.05, 3.63) is 48.0 Å².